The van der Waals surface area contributed by atoms with Gasteiger partial charge in [-0.25, -0.2) is 0 Å². The molecule has 0 saturated carbocycles. The van der Waals surface area contributed by atoms with Crippen molar-refractivity contribution in [2.45, 2.75) is 38.9 Å². The largest absolute Gasteiger partial charge is 0.541 e. The van der Waals surface area contributed by atoms with E-state index in [-0.39, 0.29) is 17.4 Å². The Morgan fingerprint density at radius 3 is 2.32 bits per heavy atom. The molecule has 2 aromatic rings. The number of ether oxygens (including phenoxy) is 2. The summed E-state index contributed by atoms with van der Waals surface area (Å²) in [4.78, 5) is 12.0. The van der Waals surface area contributed by atoms with E-state index in [0.29, 0.717) is 22.8 Å². The van der Waals surface area contributed by atoms with E-state index in [1.165, 1.54) is 0 Å². The Morgan fingerprint density at radius 1 is 1.04 bits per heavy atom. The topological polar surface area (TPSA) is 44.8 Å². The first-order chi connectivity index (χ1) is 13.1. The van der Waals surface area contributed by atoms with Crippen LogP contribution in [0.25, 0.3) is 0 Å². The molecule has 0 aliphatic carbocycles. The highest BCUT2D eigenvalue weighted by Crippen LogP contribution is 2.40. The van der Waals surface area contributed by atoms with Crippen LogP contribution in [0.5, 0.6) is 17.2 Å². The molecule has 0 fully saturated rings. The van der Waals surface area contributed by atoms with Gasteiger partial charge in [-0.15, -0.1) is 0 Å². The predicted octanol–water partition coefficient (Wildman–Crippen LogP) is 5.08. The fourth-order valence-corrected chi connectivity index (χ4v) is 3.13. The van der Waals surface area contributed by atoms with E-state index < -0.39 is 8.32 Å². The van der Waals surface area contributed by atoms with Crippen LogP contribution < -0.4 is 13.9 Å². The van der Waals surface area contributed by atoms with Gasteiger partial charge in [0.05, 0.1) is 7.11 Å². The van der Waals surface area contributed by atoms with Gasteiger partial charge in [-0.1, -0.05) is 44.9 Å². The molecule has 0 amide bonds. The van der Waals surface area contributed by atoms with E-state index in [9.17, 15) is 4.79 Å². The van der Waals surface area contributed by atoms with Gasteiger partial charge in [-0.05, 0) is 54.4 Å². The van der Waals surface area contributed by atoms with Gasteiger partial charge < -0.3 is 13.9 Å². The molecule has 0 aliphatic heterocycles. The van der Waals surface area contributed by atoms with Gasteiger partial charge >= 0.3 is 0 Å². The van der Waals surface area contributed by atoms with Crippen LogP contribution in [-0.4, -0.2) is 27.8 Å². The molecule has 0 radical (unpaired) electrons. The van der Waals surface area contributed by atoms with E-state index in [1.54, 1.807) is 25.3 Å². The molecule has 0 bridgehead atoms. The monoisotopic (exact) mass is 396 g/mol. The second kappa shape index (κ2) is 8.98. The Kier molecular flexibility index (Phi) is 6.93. The van der Waals surface area contributed by atoms with Crippen molar-refractivity contribution >= 4 is 14.1 Å². The first kappa shape index (κ1) is 21.6. The zero-order chi connectivity index (χ0) is 20.8. The third-order valence-corrected chi connectivity index (χ3v) is 9.14. The third kappa shape index (κ3) is 5.90. The molecule has 148 valence electrons. The van der Waals surface area contributed by atoms with Crippen molar-refractivity contribution in [2.24, 2.45) is 0 Å². The van der Waals surface area contributed by atoms with Crippen LogP contribution in [0.15, 0.2) is 48.5 Å². The van der Waals surface area contributed by atoms with E-state index in [0.717, 1.165) is 0 Å². The van der Waals surface area contributed by atoms with Gasteiger partial charge in [0.1, 0.15) is 11.5 Å². The number of rotatable bonds is 6. The summed E-state index contributed by atoms with van der Waals surface area (Å²) in [6, 6.07) is 14.7. The van der Waals surface area contributed by atoms with Gasteiger partial charge in [0.15, 0.2) is 12.4 Å². The van der Waals surface area contributed by atoms with Gasteiger partial charge in [0, 0.05) is 5.56 Å². The second-order valence-electron chi connectivity index (χ2n) is 8.00. The molecule has 5 heteroatoms. The highest BCUT2D eigenvalue weighted by atomic mass is 28.4. The van der Waals surface area contributed by atoms with E-state index in [1.807, 2.05) is 30.3 Å². The quantitative estimate of drug-likeness (QED) is 0.505. The van der Waals surface area contributed by atoms with Crippen molar-refractivity contribution in [3.05, 3.63) is 54.1 Å². The number of benzene rings is 2. The average Bonchev–Trinajstić information content (AvgIpc) is 2.65. The number of carbonyl (C=O) groups excluding carboxylic acids is 1. The zero-order valence-electron chi connectivity index (χ0n) is 17.5. The summed E-state index contributed by atoms with van der Waals surface area (Å²) in [6.07, 6.45) is 0. The number of para-hydroxylation sites is 1. The van der Waals surface area contributed by atoms with Crippen molar-refractivity contribution in [2.75, 3.05) is 13.7 Å². The fourth-order valence-electron chi connectivity index (χ4n) is 2.10. The maximum atomic E-state index is 12.0. The molecule has 0 N–H and O–H groups in total. The summed E-state index contributed by atoms with van der Waals surface area (Å²) in [5.74, 6) is 7.16. The molecule has 0 atom stereocenters. The lowest BCUT2D eigenvalue weighted by Gasteiger charge is -2.36. The molecule has 2 rings (SSSR count). The maximum Gasteiger partial charge on any atom is 0.250 e. The number of Topliss-reactive ketones (excluding diaryl/α,β-unsaturated/α-hetero) is 1. The number of hydrogen-bond donors (Lipinski definition) is 0. The predicted molar refractivity (Wildman–Crippen MR) is 115 cm³/mol. The highest BCUT2D eigenvalue weighted by molar-refractivity contribution is 6.74. The standard InChI is InChI=1S/C23H28O4Si/c1-23(2,3)28(5,6)27-21-15-13-18(16-22(21)25-4)12-14-19(24)17-26-20-10-8-7-9-11-20/h7-11,13,15-16H,17H2,1-6H3. The zero-order valence-corrected chi connectivity index (χ0v) is 18.5. The Labute approximate surface area is 169 Å². The number of ketones is 1. The molecule has 28 heavy (non-hydrogen) atoms. The Bertz CT molecular complexity index is 871. The Morgan fingerprint density at radius 2 is 1.71 bits per heavy atom. The Balaban J connectivity index is 2.08. The smallest absolute Gasteiger partial charge is 0.250 e. The van der Waals surface area contributed by atoms with Crippen LogP contribution in [0.3, 0.4) is 0 Å². The van der Waals surface area contributed by atoms with Gasteiger partial charge in [0.25, 0.3) is 8.32 Å². The molecular weight excluding hydrogens is 368 g/mol. The summed E-state index contributed by atoms with van der Waals surface area (Å²) in [5, 5.41) is 0.0850. The lowest BCUT2D eigenvalue weighted by Crippen LogP contribution is -2.43. The SMILES string of the molecule is COc1cc(C#CC(=O)COc2ccccc2)ccc1O[Si](C)(C)C(C)(C)C. The first-order valence-electron chi connectivity index (χ1n) is 9.22. The van der Waals surface area contributed by atoms with Gasteiger partial charge in [-0.3, -0.25) is 4.79 Å². The van der Waals surface area contributed by atoms with Gasteiger partial charge in [0.2, 0.25) is 5.78 Å². The summed E-state index contributed by atoms with van der Waals surface area (Å²) in [5.41, 5.74) is 0.687. The fraction of sp³-hybridized carbons (Fsp3) is 0.348. The minimum Gasteiger partial charge on any atom is -0.541 e. The van der Waals surface area contributed by atoms with E-state index in [4.69, 9.17) is 13.9 Å². The summed E-state index contributed by atoms with van der Waals surface area (Å²) < 4.78 is 17.2. The molecule has 4 nitrogen and oxygen atoms in total. The minimum atomic E-state index is -1.98. The van der Waals surface area contributed by atoms with Crippen LogP contribution in [0, 0.1) is 11.8 Å². The number of hydrogen-bond acceptors (Lipinski definition) is 4. The molecule has 2 aromatic carbocycles. The number of methoxy groups -OCH3 is 1. The van der Waals surface area contributed by atoms with Crippen molar-refractivity contribution < 1.29 is 18.7 Å². The van der Waals surface area contributed by atoms with E-state index in [2.05, 4.69) is 45.7 Å². The summed E-state index contributed by atoms with van der Waals surface area (Å²) >= 11 is 0. The van der Waals surface area contributed by atoms with Crippen LogP contribution in [0.4, 0.5) is 0 Å². The molecule has 0 heterocycles. The summed E-state index contributed by atoms with van der Waals surface area (Å²) in [7, 11) is -0.376. The minimum absolute atomic E-state index is 0.0826. The van der Waals surface area contributed by atoms with E-state index >= 15 is 0 Å². The number of carbonyl (C=O) groups is 1. The molecule has 0 aromatic heterocycles. The molecular formula is C23H28O4Si. The lowest BCUT2D eigenvalue weighted by molar-refractivity contribution is -0.115. The van der Waals surface area contributed by atoms with Crippen molar-refractivity contribution in [3.8, 4) is 29.1 Å². The van der Waals surface area contributed by atoms with Crippen molar-refractivity contribution in [1.29, 1.82) is 0 Å². The molecule has 0 unspecified atom stereocenters. The maximum absolute atomic E-state index is 12.0. The third-order valence-electron chi connectivity index (χ3n) is 4.79. The van der Waals surface area contributed by atoms with Crippen LogP contribution in [-0.2, 0) is 4.79 Å². The molecule has 0 saturated heterocycles. The first-order valence-corrected chi connectivity index (χ1v) is 12.1. The molecule has 0 spiro atoms. The molecule has 0 aliphatic rings. The normalized spacial score (nSPS) is 11.2. The Hall–Kier alpha value is -2.71. The summed E-state index contributed by atoms with van der Waals surface area (Å²) in [6.45, 7) is 10.9. The van der Waals surface area contributed by atoms with Crippen LogP contribution in [0.2, 0.25) is 18.1 Å². The highest BCUT2D eigenvalue weighted by Gasteiger charge is 2.39. The van der Waals surface area contributed by atoms with Gasteiger partial charge in [-0.2, -0.15) is 0 Å². The van der Waals surface area contributed by atoms with Crippen LogP contribution >= 0.6 is 0 Å². The van der Waals surface area contributed by atoms with Crippen molar-refractivity contribution in [3.63, 3.8) is 0 Å². The lowest BCUT2D eigenvalue weighted by atomic mass is 10.2. The second-order valence-corrected chi connectivity index (χ2v) is 12.7. The average molecular weight is 397 g/mol. The van der Waals surface area contributed by atoms with Crippen molar-refractivity contribution in [1.82, 2.24) is 0 Å². The van der Waals surface area contributed by atoms with Crippen LogP contribution in [0.1, 0.15) is 26.3 Å².